The van der Waals surface area contributed by atoms with E-state index in [1.54, 1.807) is 23.5 Å². The second-order valence-corrected chi connectivity index (χ2v) is 11.3. The van der Waals surface area contributed by atoms with Crippen LogP contribution in [0.5, 0.6) is 0 Å². The number of hydrogen-bond donors (Lipinski definition) is 2. The third kappa shape index (κ3) is 5.90. The lowest BCUT2D eigenvalue weighted by molar-refractivity contribution is -0.185. The Kier molecular flexibility index (Phi) is 7.98. The van der Waals surface area contributed by atoms with Gasteiger partial charge in [0.05, 0.1) is 23.3 Å². The molecule has 6 rings (SSSR count). The van der Waals surface area contributed by atoms with Gasteiger partial charge in [0, 0.05) is 43.9 Å². The Morgan fingerprint density at radius 1 is 1.05 bits per heavy atom. The fraction of sp³-hybridized carbons (Fsp3) is 0.467. The first-order valence-electron chi connectivity index (χ1n) is 14.5. The van der Waals surface area contributed by atoms with Crippen LogP contribution in [0.3, 0.4) is 0 Å². The smallest absolute Gasteiger partial charge is 0.281 e. The van der Waals surface area contributed by atoms with Gasteiger partial charge < -0.3 is 25.8 Å². The topological polar surface area (TPSA) is 164 Å². The molecule has 1 saturated carbocycles. The number of benzene rings is 1. The number of rotatable bonds is 8. The Bertz CT molecular complexity index is 1440. The molecule has 0 radical (unpaired) electrons. The number of carbonyl (C=O) groups is 2. The molecule has 42 heavy (non-hydrogen) atoms. The first-order chi connectivity index (χ1) is 20.4. The standard InChI is InChI=1S/C30H36N8O4/c31-28(30(10-3-11-30)23-7-5-20(6-8-23)21-14-33-29(32)34-15-21)36-27(40)22-16-35-38(17-22)19-25(39)37-12-9-24(18-37)42-26-4-1-2-13-41-26/h5-8,14-17,24,26H,1-4,9-13,18-19H2,(H2,31,36,40)(H2,32,33,34). The predicted molar refractivity (Wildman–Crippen MR) is 155 cm³/mol. The Hall–Kier alpha value is -4.16. The summed E-state index contributed by atoms with van der Waals surface area (Å²) in [5, 5.41) is 4.24. The van der Waals surface area contributed by atoms with Crippen molar-refractivity contribution in [3.8, 4) is 11.1 Å². The zero-order valence-electron chi connectivity index (χ0n) is 23.5. The van der Waals surface area contributed by atoms with Crippen molar-refractivity contribution in [2.24, 2.45) is 10.7 Å². The van der Waals surface area contributed by atoms with Crippen LogP contribution in [-0.4, -0.2) is 74.4 Å². The van der Waals surface area contributed by atoms with Crippen molar-refractivity contribution in [3.05, 3.63) is 60.2 Å². The lowest BCUT2D eigenvalue weighted by Crippen LogP contribution is -2.47. The van der Waals surface area contributed by atoms with Gasteiger partial charge in [0.15, 0.2) is 6.29 Å². The van der Waals surface area contributed by atoms with Gasteiger partial charge in [-0.25, -0.2) is 9.97 Å². The second-order valence-electron chi connectivity index (χ2n) is 11.3. The van der Waals surface area contributed by atoms with Crippen molar-refractivity contribution in [1.29, 1.82) is 0 Å². The van der Waals surface area contributed by atoms with E-state index < -0.39 is 11.3 Å². The number of amides is 2. The van der Waals surface area contributed by atoms with E-state index in [2.05, 4.69) is 20.1 Å². The predicted octanol–water partition coefficient (Wildman–Crippen LogP) is 2.69. The monoisotopic (exact) mass is 572 g/mol. The minimum Gasteiger partial charge on any atom is -0.386 e. The van der Waals surface area contributed by atoms with Gasteiger partial charge in [-0.2, -0.15) is 10.1 Å². The van der Waals surface area contributed by atoms with Gasteiger partial charge >= 0.3 is 0 Å². The highest BCUT2D eigenvalue weighted by molar-refractivity contribution is 6.06. The summed E-state index contributed by atoms with van der Waals surface area (Å²) in [5.41, 5.74) is 14.7. The van der Waals surface area contributed by atoms with Gasteiger partial charge in [-0.15, -0.1) is 0 Å². The number of ether oxygens (including phenoxy) is 2. The molecule has 0 bridgehead atoms. The molecule has 12 heteroatoms. The van der Waals surface area contributed by atoms with E-state index >= 15 is 0 Å². The van der Waals surface area contributed by atoms with E-state index in [-0.39, 0.29) is 42.2 Å². The summed E-state index contributed by atoms with van der Waals surface area (Å²) in [7, 11) is 0. The third-order valence-corrected chi connectivity index (χ3v) is 8.52. The lowest BCUT2D eigenvalue weighted by Gasteiger charge is -2.41. The largest absolute Gasteiger partial charge is 0.386 e. The maximum atomic E-state index is 13.1. The average molecular weight is 573 g/mol. The van der Waals surface area contributed by atoms with Crippen LogP contribution in [0.4, 0.5) is 5.95 Å². The molecule has 4 N–H and O–H groups in total. The van der Waals surface area contributed by atoms with E-state index in [1.807, 2.05) is 24.3 Å². The molecular weight excluding hydrogens is 536 g/mol. The van der Waals surface area contributed by atoms with E-state index in [1.165, 1.54) is 10.9 Å². The van der Waals surface area contributed by atoms with Crippen molar-refractivity contribution in [2.45, 2.75) is 69.3 Å². The molecule has 1 aliphatic carbocycles. The number of anilines is 1. The Morgan fingerprint density at radius 3 is 2.52 bits per heavy atom. The Balaban J connectivity index is 1.07. The first-order valence-corrected chi connectivity index (χ1v) is 14.5. The molecule has 2 saturated heterocycles. The quantitative estimate of drug-likeness (QED) is 0.305. The molecule has 3 aliphatic rings. The van der Waals surface area contributed by atoms with E-state index in [9.17, 15) is 9.59 Å². The second kappa shape index (κ2) is 12.0. The number of nitrogens with zero attached hydrogens (tertiary/aromatic N) is 6. The van der Waals surface area contributed by atoms with Crippen molar-refractivity contribution < 1.29 is 19.1 Å². The van der Waals surface area contributed by atoms with Crippen LogP contribution in [0.15, 0.2) is 54.0 Å². The molecule has 2 aromatic heterocycles. The molecule has 1 aromatic carbocycles. The van der Waals surface area contributed by atoms with Crippen LogP contribution in [0.1, 0.15) is 60.9 Å². The summed E-state index contributed by atoms with van der Waals surface area (Å²) < 4.78 is 13.2. The van der Waals surface area contributed by atoms with Gasteiger partial charge in [-0.1, -0.05) is 30.7 Å². The number of amidine groups is 1. The normalized spacial score (nSPS) is 22.1. The summed E-state index contributed by atoms with van der Waals surface area (Å²) in [6.07, 6.45) is 12.6. The maximum absolute atomic E-state index is 13.1. The summed E-state index contributed by atoms with van der Waals surface area (Å²) in [4.78, 5) is 40.1. The fourth-order valence-electron chi connectivity index (χ4n) is 5.87. The number of nitrogens with two attached hydrogens (primary N) is 2. The molecule has 2 aliphatic heterocycles. The zero-order valence-corrected chi connectivity index (χ0v) is 23.5. The van der Waals surface area contributed by atoms with Gasteiger partial charge in [-0.3, -0.25) is 14.3 Å². The Morgan fingerprint density at radius 2 is 1.83 bits per heavy atom. The highest BCUT2D eigenvalue weighted by Crippen LogP contribution is 2.44. The molecule has 3 fully saturated rings. The molecule has 0 spiro atoms. The summed E-state index contributed by atoms with van der Waals surface area (Å²) in [5.74, 6) is -0.0324. The zero-order chi connectivity index (χ0) is 29.1. The lowest BCUT2D eigenvalue weighted by atomic mass is 9.63. The number of aliphatic imine (C=N–C) groups is 1. The average Bonchev–Trinajstić information content (AvgIpc) is 3.64. The third-order valence-electron chi connectivity index (χ3n) is 8.52. The Labute approximate surface area is 244 Å². The summed E-state index contributed by atoms with van der Waals surface area (Å²) >= 11 is 0. The molecule has 2 atom stereocenters. The van der Waals surface area contributed by atoms with Gasteiger partial charge in [0.2, 0.25) is 11.9 Å². The van der Waals surface area contributed by atoms with Crippen LogP contribution in [0.2, 0.25) is 0 Å². The first kappa shape index (κ1) is 28.0. The van der Waals surface area contributed by atoms with Crippen molar-refractivity contribution in [3.63, 3.8) is 0 Å². The molecule has 3 aromatic rings. The molecule has 220 valence electrons. The molecular formula is C30H36N8O4. The summed E-state index contributed by atoms with van der Waals surface area (Å²) in [6.45, 7) is 1.92. The van der Waals surface area contributed by atoms with Crippen LogP contribution in [0, 0.1) is 0 Å². The van der Waals surface area contributed by atoms with Crippen LogP contribution < -0.4 is 11.5 Å². The number of hydrogen-bond acceptors (Lipinski definition) is 8. The van der Waals surface area contributed by atoms with Crippen LogP contribution >= 0.6 is 0 Å². The molecule has 12 nitrogen and oxygen atoms in total. The van der Waals surface area contributed by atoms with Crippen molar-refractivity contribution in [1.82, 2.24) is 24.6 Å². The highest BCUT2D eigenvalue weighted by atomic mass is 16.7. The SMILES string of the molecule is NC(=NC(=O)c1cnn(CC(=O)N2CCC(OC3CCCCO3)C2)c1)C1(c2ccc(-c3cnc(N)nc3)cc2)CCC1. The van der Waals surface area contributed by atoms with E-state index in [0.29, 0.717) is 13.1 Å². The molecule has 2 amide bonds. The van der Waals surface area contributed by atoms with Gasteiger partial charge in [0.1, 0.15) is 12.4 Å². The van der Waals surface area contributed by atoms with Crippen LogP contribution in [-0.2, 0) is 26.2 Å². The maximum Gasteiger partial charge on any atom is 0.281 e. The van der Waals surface area contributed by atoms with E-state index in [0.717, 1.165) is 68.2 Å². The van der Waals surface area contributed by atoms with Gasteiger partial charge in [-0.05, 0) is 49.7 Å². The molecule has 4 heterocycles. The number of nitrogen functional groups attached to an aromatic ring is 1. The minimum absolute atomic E-state index is 0.0223. The van der Waals surface area contributed by atoms with Crippen LogP contribution in [0.25, 0.3) is 11.1 Å². The van der Waals surface area contributed by atoms with Crippen molar-refractivity contribution in [2.75, 3.05) is 25.4 Å². The number of carbonyl (C=O) groups excluding carboxylic acids is 2. The highest BCUT2D eigenvalue weighted by Gasteiger charge is 2.43. The minimum atomic E-state index is -0.491. The fourth-order valence-corrected chi connectivity index (χ4v) is 5.87. The number of likely N-dealkylation sites (tertiary alicyclic amines) is 1. The van der Waals surface area contributed by atoms with E-state index in [4.69, 9.17) is 20.9 Å². The van der Waals surface area contributed by atoms with Gasteiger partial charge in [0.25, 0.3) is 5.91 Å². The summed E-state index contributed by atoms with van der Waals surface area (Å²) in [6, 6.07) is 7.99. The van der Waals surface area contributed by atoms with Crippen molar-refractivity contribution >= 4 is 23.6 Å². The number of aromatic nitrogens is 4. The molecule has 2 unspecified atom stereocenters.